The summed E-state index contributed by atoms with van der Waals surface area (Å²) in [5.74, 6) is -0.692. The van der Waals surface area contributed by atoms with Crippen LogP contribution >= 0.6 is 0 Å². The Labute approximate surface area is 135 Å². The van der Waals surface area contributed by atoms with Gasteiger partial charge in [0.25, 0.3) is 0 Å². The molecule has 4 aliphatic rings. The van der Waals surface area contributed by atoms with E-state index in [1.807, 2.05) is 32.9 Å². The number of hydrogen-bond acceptors (Lipinski definition) is 5. The number of benzene rings is 1. The largest absolute Gasteiger partial charge is 0.365 e. The Morgan fingerprint density at radius 3 is 2.26 bits per heavy atom. The second-order valence-electron chi connectivity index (χ2n) is 7.26. The Bertz CT molecular complexity index is 774. The first kappa shape index (κ1) is 14.4. The lowest BCUT2D eigenvalue weighted by atomic mass is 9.95. The average molecular weight is 337 g/mol. The minimum absolute atomic E-state index is 0.0405. The average Bonchev–Trinajstić information content (AvgIpc) is 3.34. The maximum absolute atomic E-state index is 13.0. The Morgan fingerprint density at radius 2 is 1.57 bits per heavy atom. The van der Waals surface area contributed by atoms with Gasteiger partial charge in [-0.15, -0.1) is 0 Å². The number of hydrogen-bond donors (Lipinski definition) is 0. The minimum atomic E-state index is -3.53. The van der Waals surface area contributed by atoms with Gasteiger partial charge in [0.2, 0.25) is 10.0 Å². The summed E-state index contributed by atoms with van der Waals surface area (Å²) in [4.78, 5) is 0.324. The molecule has 124 valence electrons. The van der Waals surface area contributed by atoms with E-state index in [9.17, 15) is 8.42 Å². The number of epoxide rings is 1. The van der Waals surface area contributed by atoms with Gasteiger partial charge in [-0.3, -0.25) is 0 Å². The van der Waals surface area contributed by atoms with Crippen molar-refractivity contribution in [3.8, 4) is 0 Å². The molecule has 23 heavy (non-hydrogen) atoms. The second kappa shape index (κ2) is 4.15. The SMILES string of the molecule is Cc1ccc(S(=O)(=O)N2[C@@H]3[C@H]4O[C@H]4[C@H]4OC(C)(C)O[C@H]4[C@@H]32)cc1. The van der Waals surface area contributed by atoms with Gasteiger partial charge >= 0.3 is 0 Å². The summed E-state index contributed by atoms with van der Waals surface area (Å²) in [5, 5.41) is 0. The first-order valence-corrected chi connectivity index (χ1v) is 9.35. The van der Waals surface area contributed by atoms with E-state index >= 15 is 0 Å². The van der Waals surface area contributed by atoms with Crippen molar-refractivity contribution in [2.75, 3.05) is 0 Å². The molecule has 3 saturated heterocycles. The van der Waals surface area contributed by atoms with Crippen molar-refractivity contribution in [2.45, 2.75) is 68.0 Å². The van der Waals surface area contributed by atoms with Crippen LogP contribution in [-0.4, -0.2) is 55.0 Å². The highest BCUT2D eigenvalue weighted by Gasteiger charge is 2.78. The molecule has 1 aromatic rings. The Hall–Kier alpha value is -0.990. The molecule has 3 heterocycles. The second-order valence-corrected chi connectivity index (χ2v) is 9.10. The molecule has 0 bridgehead atoms. The zero-order chi connectivity index (χ0) is 16.1. The van der Waals surface area contributed by atoms with E-state index in [2.05, 4.69) is 0 Å². The first-order valence-electron chi connectivity index (χ1n) is 7.91. The highest BCUT2D eigenvalue weighted by Crippen LogP contribution is 2.57. The molecule has 5 rings (SSSR count). The summed E-state index contributed by atoms with van der Waals surface area (Å²) in [6.45, 7) is 5.66. The molecule has 6 nitrogen and oxygen atoms in total. The van der Waals surface area contributed by atoms with Crippen LogP contribution in [0.15, 0.2) is 29.2 Å². The van der Waals surface area contributed by atoms with Gasteiger partial charge < -0.3 is 14.2 Å². The fourth-order valence-corrected chi connectivity index (χ4v) is 5.89. The van der Waals surface area contributed by atoms with Crippen molar-refractivity contribution in [3.63, 3.8) is 0 Å². The van der Waals surface area contributed by atoms with Crippen LogP contribution < -0.4 is 0 Å². The van der Waals surface area contributed by atoms with Gasteiger partial charge in [0.15, 0.2) is 5.79 Å². The van der Waals surface area contributed by atoms with Gasteiger partial charge in [-0.05, 0) is 32.9 Å². The standard InChI is InChI=1S/C16H19NO5S/c1-8-4-6-9(7-5-8)23(18,19)17-10-11(17)13-15(14-12(10)20-14)22-16(2,3)21-13/h4-7,10-15H,1-3H3/t10-,11+,12+,13-,14+,15-,17?/m0/s1. The summed E-state index contributed by atoms with van der Waals surface area (Å²) >= 11 is 0. The van der Waals surface area contributed by atoms with Gasteiger partial charge in [0, 0.05) is 0 Å². The van der Waals surface area contributed by atoms with Crippen LogP contribution in [0.1, 0.15) is 19.4 Å². The van der Waals surface area contributed by atoms with Crippen LogP contribution in [0.3, 0.4) is 0 Å². The van der Waals surface area contributed by atoms with Gasteiger partial charge in [-0.1, -0.05) is 17.7 Å². The number of ether oxygens (including phenoxy) is 3. The topological polar surface area (TPSA) is 68.1 Å². The van der Waals surface area contributed by atoms with Crippen molar-refractivity contribution in [1.82, 2.24) is 4.31 Å². The lowest BCUT2D eigenvalue weighted by molar-refractivity contribution is -0.147. The van der Waals surface area contributed by atoms with Crippen molar-refractivity contribution < 1.29 is 22.6 Å². The molecule has 7 heteroatoms. The number of rotatable bonds is 2. The van der Waals surface area contributed by atoms with Crippen LogP contribution in [0, 0.1) is 6.92 Å². The predicted molar refractivity (Wildman–Crippen MR) is 80.3 cm³/mol. The van der Waals surface area contributed by atoms with E-state index in [1.54, 1.807) is 16.4 Å². The normalized spacial score (nSPS) is 45.8. The number of fused-ring (bicyclic) bond motifs is 6. The Morgan fingerprint density at radius 1 is 0.957 bits per heavy atom. The summed E-state index contributed by atoms with van der Waals surface area (Å²) in [6, 6.07) is 6.65. The molecule has 7 atom stereocenters. The van der Waals surface area contributed by atoms with Gasteiger partial charge in [-0.2, -0.15) is 4.31 Å². The molecule has 1 saturated carbocycles. The van der Waals surface area contributed by atoms with Crippen molar-refractivity contribution >= 4 is 10.0 Å². The van der Waals surface area contributed by atoms with Crippen molar-refractivity contribution in [2.24, 2.45) is 0 Å². The van der Waals surface area contributed by atoms with E-state index in [0.717, 1.165) is 5.56 Å². The maximum Gasteiger partial charge on any atom is 0.243 e. The van der Waals surface area contributed by atoms with Crippen LogP contribution in [0.2, 0.25) is 0 Å². The summed E-state index contributed by atoms with van der Waals surface area (Å²) in [6.07, 6.45) is -0.520. The molecule has 3 aliphatic heterocycles. The zero-order valence-electron chi connectivity index (χ0n) is 13.2. The Kier molecular flexibility index (Phi) is 2.59. The number of nitrogens with zero attached hydrogens (tertiary/aromatic N) is 1. The van der Waals surface area contributed by atoms with Gasteiger partial charge in [-0.25, -0.2) is 8.42 Å². The first-order chi connectivity index (χ1) is 10.8. The third kappa shape index (κ3) is 1.91. The molecule has 1 aromatic carbocycles. The molecular formula is C16H19NO5S. The third-order valence-corrected chi connectivity index (χ3v) is 7.08. The molecular weight excluding hydrogens is 318 g/mol. The number of sulfonamides is 1. The Balaban J connectivity index is 1.49. The van der Waals surface area contributed by atoms with E-state index in [-0.39, 0.29) is 36.5 Å². The fourth-order valence-electron chi connectivity index (χ4n) is 4.09. The van der Waals surface area contributed by atoms with Crippen LogP contribution in [0.25, 0.3) is 0 Å². The van der Waals surface area contributed by atoms with Crippen LogP contribution in [-0.2, 0) is 24.2 Å². The molecule has 0 spiro atoms. The lowest BCUT2D eigenvalue weighted by Gasteiger charge is -2.17. The van der Waals surface area contributed by atoms with E-state index in [1.165, 1.54) is 0 Å². The summed E-state index contributed by atoms with van der Waals surface area (Å²) in [5.41, 5.74) is 1.03. The van der Waals surface area contributed by atoms with E-state index in [0.29, 0.717) is 4.90 Å². The molecule has 0 N–H and O–H groups in total. The van der Waals surface area contributed by atoms with Gasteiger partial charge in [0.1, 0.15) is 24.4 Å². The molecule has 1 unspecified atom stereocenters. The summed E-state index contributed by atoms with van der Waals surface area (Å²) in [7, 11) is -3.53. The lowest BCUT2D eigenvalue weighted by Crippen LogP contribution is -2.39. The predicted octanol–water partition coefficient (Wildman–Crippen LogP) is 1.04. The van der Waals surface area contributed by atoms with E-state index in [4.69, 9.17) is 14.2 Å². The summed E-state index contributed by atoms with van der Waals surface area (Å²) < 4.78 is 45.1. The molecule has 4 fully saturated rings. The smallest absolute Gasteiger partial charge is 0.243 e. The minimum Gasteiger partial charge on any atom is -0.365 e. The molecule has 1 aliphatic carbocycles. The molecule has 0 aromatic heterocycles. The highest BCUT2D eigenvalue weighted by molar-refractivity contribution is 7.89. The zero-order valence-corrected chi connectivity index (χ0v) is 14.0. The molecule has 0 radical (unpaired) electrons. The monoisotopic (exact) mass is 337 g/mol. The van der Waals surface area contributed by atoms with Crippen LogP contribution in [0.5, 0.6) is 0 Å². The van der Waals surface area contributed by atoms with Crippen molar-refractivity contribution in [1.29, 1.82) is 0 Å². The fraction of sp³-hybridized carbons (Fsp3) is 0.625. The quantitative estimate of drug-likeness (QED) is 0.754. The van der Waals surface area contributed by atoms with Crippen LogP contribution in [0.4, 0.5) is 0 Å². The van der Waals surface area contributed by atoms with E-state index < -0.39 is 15.8 Å². The van der Waals surface area contributed by atoms with Crippen molar-refractivity contribution in [3.05, 3.63) is 29.8 Å². The maximum atomic E-state index is 13.0. The third-order valence-electron chi connectivity index (χ3n) is 5.17. The highest BCUT2D eigenvalue weighted by atomic mass is 32.2. The van der Waals surface area contributed by atoms with Gasteiger partial charge in [0.05, 0.1) is 17.0 Å². The number of aryl methyl sites for hydroxylation is 1. The molecule has 0 amide bonds.